The zero-order valence-corrected chi connectivity index (χ0v) is 13.0. The fourth-order valence-electron chi connectivity index (χ4n) is 2.20. The van der Waals surface area contributed by atoms with Crippen molar-refractivity contribution in [1.29, 1.82) is 0 Å². The topological polar surface area (TPSA) is 127 Å². The molecule has 1 aromatic heterocycles. The van der Waals surface area contributed by atoms with Crippen molar-refractivity contribution < 1.29 is 19.4 Å². The summed E-state index contributed by atoms with van der Waals surface area (Å²) in [5.74, 6) is -0.608. The summed E-state index contributed by atoms with van der Waals surface area (Å²) in [6, 6.07) is 11.4. The number of hydrogen-bond donors (Lipinski definition) is 3. The van der Waals surface area contributed by atoms with Crippen molar-refractivity contribution >= 4 is 34.3 Å². The van der Waals surface area contributed by atoms with Crippen LogP contribution in [-0.2, 0) is 4.79 Å². The molecule has 25 heavy (non-hydrogen) atoms. The number of anilines is 2. The van der Waals surface area contributed by atoms with Crippen LogP contribution in [0.3, 0.4) is 0 Å². The van der Waals surface area contributed by atoms with Crippen molar-refractivity contribution in [2.24, 2.45) is 0 Å². The Morgan fingerprint density at radius 1 is 1.12 bits per heavy atom. The highest BCUT2D eigenvalue weighted by Crippen LogP contribution is 2.20. The maximum atomic E-state index is 12.3. The molecule has 0 aliphatic carbocycles. The summed E-state index contributed by atoms with van der Waals surface area (Å²) in [5.41, 5.74) is 7.32. The molecule has 4 N–H and O–H groups in total. The fourth-order valence-corrected chi connectivity index (χ4v) is 2.20. The molecule has 2 aromatic carbocycles. The molecule has 3 rings (SSSR count). The maximum absolute atomic E-state index is 12.3. The molecule has 1 heterocycles. The van der Waals surface area contributed by atoms with E-state index in [1.165, 1.54) is 6.33 Å². The van der Waals surface area contributed by atoms with Gasteiger partial charge in [-0.3, -0.25) is 4.79 Å². The first-order valence-electron chi connectivity index (χ1n) is 7.29. The number of ether oxygens (including phenoxy) is 1. The molecule has 0 aliphatic heterocycles. The number of nitrogen functional groups attached to an aromatic ring is 1. The second-order valence-corrected chi connectivity index (χ2v) is 5.15. The lowest BCUT2D eigenvalue weighted by molar-refractivity contribution is -0.139. The van der Waals surface area contributed by atoms with Crippen molar-refractivity contribution in [2.75, 3.05) is 17.7 Å². The Morgan fingerprint density at radius 3 is 2.60 bits per heavy atom. The minimum Gasteiger partial charge on any atom is -0.482 e. The van der Waals surface area contributed by atoms with Gasteiger partial charge >= 0.3 is 5.97 Å². The standard InChI is InChI=1S/C17H14N4O4/c18-16-13-6-1-10(7-14(13)19-9-20-16)17(24)21-11-2-4-12(5-3-11)25-8-15(22)23/h1-7,9H,8H2,(H,21,24)(H,22,23)(H2,18,19,20). The zero-order valence-electron chi connectivity index (χ0n) is 13.0. The Morgan fingerprint density at radius 2 is 1.88 bits per heavy atom. The van der Waals surface area contributed by atoms with Gasteiger partial charge in [-0.15, -0.1) is 0 Å². The third kappa shape index (κ3) is 3.81. The molecule has 0 spiro atoms. The minimum atomic E-state index is -1.06. The Hall–Kier alpha value is -3.68. The van der Waals surface area contributed by atoms with Gasteiger partial charge < -0.3 is 20.9 Å². The van der Waals surface area contributed by atoms with Crippen LogP contribution >= 0.6 is 0 Å². The minimum absolute atomic E-state index is 0.307. The largest absolute Gasteiger partial charge is 0.482 e. The van der Waals surface area contributed by atoms with Crippen LogP contribution in [0.1, 0.15) is 10.4 Å². The molecule has 0 saturated heterocycles. The Labute approximate surface area is 142 Å². The number of aliphatic carboxylic acids is 1. The highest BCUT2D eigenvalue weighted by atomic mass is 16.5. The third-order valence-corrected chi connectivity index (χ3v) is 3.40. The summed E-state index contributed by atoms with van der Waals surface area (Å²) < 4.78 is 5.03. The van der Waals surface area contributed by atoms with Crippen LogP contribution in [0.5, 0.6) is 5.75 Å². The lowest BCUT2D eigenvalue weighted by Crippen LogP contribution is -2.12. The number of nitrogens with one attached hydrogen (secondary N) is 1. The second-order valence-electron chi connectivity index (χ2n) is 5.15. The highest BCUT2D eigenvalue weighted by molar-refractivity contribution is 6.06. The van der Waals surface area contributed by atoms with Crippen LogP contribution in [0.4, 0.5) is 11.5 Å². The molecule has 0 bridgehead atoms. The summed E-state index contributed by atoms with van der Waals surface area (Å²) in [5, 5.41) is 12.0. The predicted molar refractivity (Wildman–Crippen MR) is 91.5 cm³/mol. The molecule has 0 saturated carbocycles. The molecule has 8 nitrogen and oxygen atoms in total. The summed E-state index contributed by atoms with van der Waals surface area (Å²) in [4.78, 5) is 30.8. The monoisotopic (exact) mass is 338 g/mol. The van der Waals surface area contributed by atoms with E-state index >= 15 is 0 Å². The molecule has 3 aromatic rings. The number of carboxylic acid groups (broad SMARTS) is 1. The summed E-state index contributed by atoms with van der Waals surface area (Å²) in [7, 11) is 0. The van der Waals surface area contributed by atoms with E-state index in [9.17, 15) is 9.59 Å². The SMILES string of the molecule is Nc1ncnc2cc(C(=O)Nc3ccc(OCC(=O)O)cc3)ccc12. The van der Waals surface area contributed by atoms with Gasteiger partial charge in [-0.25, -0.2) is 14.8 Å². The van der Waals surface area contributed by atoms with Crippen molar-refractivity contribution in [3.05, 3.63) is 54.4 Å². The van der Waals surface area contributed by atoms with E-state index in [0.717, 1.165) is 0 Å². The summed E-state index contributed by atoms with van der Waals surface area (Å²) in [6.07, 6.45) is 1.34. The van der Waals surface area contributed by atoms with E-state index in [1.54, 1.807) is 42.5 Å². The lowest BCUT2D eigenvalue weighted by Gasteiger charge is -2.08. The molecule has 8 heteroatoms. The molecular weight excluding hydrogens is 324 g/mol. The number of fused-ring (bicyclic) bond motifs is 1. The van der Waals surface area contributed by atoms with Gasteiger partial charge in [0.25, 0.3) is 5.91 Å². The van der Waals surface area contributed by atoms with Gasteiger partial charge in [0.15, 0.2) is 6.61 Å². The van der Waals surface area contributed by atoms with Gasteiger partial charge in [0, 0.05) is 16.6 Å². The number of carbonyl (C=O) groups is 2. The molecule has 126 valence electrons. The van der Waals surface area contributed by atoms with Crippen molar-refractivity contribution in [3.63, 3.8) is 0 Å². The third-order valence-electron chi connectivity index (χ3n) is 3.40. The first kappa shape index (κ1) is 16.2. The number of aromatic nitrogens is 2. The van der Waals surface area contributed by atoms with Crippen LogP contribution in [-0.4, -0.2) is 33.6 Å². The van der Waals surface area contributed by atoms with E-state index in [4.69, 9.17) is 15.6 Å². The molecule has 0 radical (unpaired) electrons. The summed E-state index contributed by atoms with van der Waals surface area (Å²) in [6.45, 7) is -0.423. The number of carboxylic acids is 1. The van der Waals surface area contributed by atoms with Crippen molar-refractivity contribution in [3.8, 4) is 5.75 Å². The second kappa shape index (κ2) is 6.83. The van der Waals surface area contributed by atoms with Crippen LogP contribution in [0.2, 0.25) is 0 Å². The molecule has 0 aliphatic rings. The van der Waals surface area contributed by atoms with E-state index in [2.05, 4.69) is 15.3 Å². The van der Waals surface area contributed by atoms with Gasteiger partial charge in [-0.1, -0.05) is 0 Å². The highest BCUT2D eigenvalue weighted by Gasteiger charge is 2.09. The zero-order chi connectivity index (χ0) is 17.8. The average Bonchev–Trinajstić information content (AvgIpc) is 2.61. The number of benzene rings is 2. The Balaban J connectivity index is 1.72. The number of amides is 1. The molecule has 1 amide bonds. The maximum Gasteiger partial charge on any atom is 0.341 e. The Kier molecular flexibility index (Phi) is 4.42. The first-order chi connectivity index (χ1) is 12.0. The van der Waals surface area contributed by atoms with E-state index in [-0.39, 0.29) is 5.91 Å². The van der Waals surface area contributed by atoms with Gasteiger partial charge in [0.1, 0.15) is 17.9 Å². The van der Waals surface area contributed by atoms with Crippen LogP contribution < -0.4 is 15.8 Å². The number of hydrogen-bond acceptors (Lipinski definition) is 6. The van der Waals surface area contributed by atoms with Crippen molar-refractivity contribution in [2.45, 2.75) is 0 Å². The number of nitrogens with zero attached hydrogens (tertiary/aromatic N) is 2. The molecule has 0 atom stereocenters. The Bertz CT molecular complexity index is 941. The predicted octanol–water partition coefficient (Wildman–Crippen LogP) is 1.93. The first-order valence-corrected chi connectivity index (χ1v) is 7.29. The van der Waals surface area contributed by atoms with Gasteiger partial charge in [0.2, 0.25) is 0 Å². The van der Waals surface area contributed by atoms with E-state index < -0.39 is 12.6 Å². The quantitative estimate of drug-likeness (QED) is 0.648. The molecule has 0 fully saturated rings. The van der Waals surface area contributed by atoms with Crippen LogP contribution in [0.25, 0.3) is 10.9 Å². The number of nitrogens with two attached hydrogens (primary N) is 1. The van der Waals surface area contributed by atoms with Crippen molar-refractivity contribution in [1.82, 2.24) is 9.97 Å². The van der Waals surface area contributed by atoms with E-state index in [0.29, 0.717) is 33.7 Å². The smallest absolute Gasteiger partial charge is 0.341 e. The fraction of sp³-hybridized carbons (Fsp3) is 0.0588. The van der Waals surface area contributed by atoms with Crippen LogP contribution in [0.15, 0.2) is 48.8 Å². The number of carbonyl (C=O) groups excluding carboxylic acids is 1. The normalized spacial score (nSPS) is 10.4. The van der Waals surface area contributed by atoms with Gasteiger partial charge in [-0.05, 0) is 42.5 Å². The summed E-state index contributed by atoms with van der Waals surface area (Å²) >= 11 is 0. The van der Waals surface area contributed by atoms with Crippen LogP contribution in [0, 0.1) is 0 Å². The van der Waals surface area contributed by atoms with Gasteiger partial charge in [-0.2, -0.15) is 0 Å². The average molecular weight is 338 g/mol. The molecular formula is C17H14N4O4. The van der Waals surface area contributed by atoms with E-state index in [1.807, 2.05) is 0 Å². The van der Waals surface area contributed by atoms with Gasteiger partial charge in [0.05, 0.1) is 5.52 Å². The molecule has 0 unspecified atom stereocenters. The lowest BCUT2D eigenvalue weighted by atomic mass is 10.1. The number of rotatable bonds is 5.